The number of rotatable bonds is 2. The van der Waals surface area contributed by atoms with E-state index in [4.69, 9.17) is 15.5 Å². The Kier molecular flexibility index (Phi) is 2.21. The number of H-pyrrole nitrogens is 1. The molecule has 0 radical (unpaired) electrons. The van der Waals surface area contributed by atoms with Crippen LogP contribution in [0, 0.1) is 11.3 Å². The predicted octanol–water partition coefficient (Wildman–Crippen LogP) is -0.672. The first-order valence-electron chi connectivity index (χ1n) is 3.00. The maximum Gasteiger partial charge on any atom is 0.171 e. The molecule has 0 aliphatic rings. The lowest BCUT2D eigenvalue weighted by Crippen LogP contribution is -2.15. The van der Waals surface area contributed by atoms with Crippen LogP contribution in [-0.2, 0) is 0 Å². The number of aliphatic hydroxyl groups excluding tert-OH is 2. The molecule has 1 rings (SSSR count). The molecule has 58 valence electrons. The van der Waals surface area contributed by atoms with Crippen molar-refractivity contribution in [3.05, 3.63) is 18.0 Å². The number of aliphatic hydroxyl groups is 2. The van der Waals surface area contributed by atoms with Crippen molar-refractivity contribution in [2.75, 3.05) is 0 Å². The molecular weight excluding hydrogens is 146 g/mol. The third kappa shape index (κ3) is 1.55. The highest BCUT2D eigenvalue weighted by Gasteiger charge is 2.18. The maximum atomic E-state index is 9.13. The summed E-state index contributed by atoms with van der Waals surface area (Å²) in [6.07, 6.45) is -1.18. The van der Waals surface area contributed by atoms with Gasteiger partial charge in [-0.25, -0.2) is 0 Å². The average molecular weight is 153 g/mol. The topological polar surface area (TPSA) is 92.9 Å². The molecule has 1 heterocycles. The van der Waals surface area contributed by atoms with Gasteiger partial charge in [-0.15, -0.1) is 0 Å². The molecule has 3 N–H and O–H groups in total. The molecular formula is C6H7N3O2. The molecule has 5 heteroatoms. The molecule has 2 atom stereocenters. The highest BCUT2D eigenvalue weighted by molar-refractivity contribution is 5.07. The first-order chi connectivity index (χ1) is 5.25. The van der Waals surface area contributed by atoms with E-state index in [1.54, 1.807) is 0 Å². The fourth-order valence-corrected chi connectivity index (χ4v) is 0.672. The number of aromatic amines is 1. The molecule has 0 aromatic carbocycles. The summed E-state index contributed by atoms with van der Waals surface area (Å²) >= 11 is 0. The third-order valence-corrected chi connectivity index (χ3v) is 1.27. The van der Waals surface area contributed by atoms with Crippen LogP contribution in [0.3, 0.4) is 0 Å². The second kappa shape index (κ2) is 3.14. The number of hydrogen-bond acceptors (Lipinski definition) is 4. The lowest BCUT2D eigenvalue weighted by Gasteiger charge is -2.07. The minimum absolute atomic E-state index is 0.332. The molecule has 11 heavy (non-hydrogen) atoms. The van der Waals surface area contributed by atoms with E-state index in [0.29, 0.717) is 5.69 Å². The van der Waals surface area contributed by atoms with E-state index in [1.807, 2.05) is 0 Å². The summed E-state index contributed by atoms with van der Waals surface area (Å²) in [5.41, 5.74) is 0.332. The average Bonchev–Trinajstić information content (AvgIpc) is 2.53. The Morgan fingerprint density at radius 1 is 1.64 bits per heavy atom. The van der Waals surface area contributed by atoms with Gasteiger partial charge in [0, 0.05) is 6.20 Å². The van der Waals surface area contributed by atoms with Gasteiger partial charge in [-0.3, -0.25) is 5.10 Å². The van der Waals surface area contributed by atoms with Crippen LogP contribution in [-0.4, -0.2) is 26.5 Å². The van der Waals surface area contributed by atoms with Crippen molar-refractivity contribution in [1.82, 2.24) is 10.2 Å². The Balaban J connectivity index is 2.71. The van der Waals surface area contributed by atoms with E-state index in [9.17, 15) is 0 Å². The summed E-state index contributed by atoms with van der Waals surface area (Å²) in [5.74, 6) is 0. The van der Waals surface area contributed by atoms with E-state index < -0.39 is 12.2 Å². The Morgan fingerprint density at radius 3 is 2.82 bits per heavy atom. The van der Waals surface area contributed by atoms with Gasteiger partial charge in [-0.2, -0.15) is 10.4 Å². The third-order valence-electron chi connectivity index (χ3n) is 1.27. The SMILES string of the molecule is N#CC(O)C(O)c1ccn[nH]1. The van der Waals surface area contributed by atoms with Crippen LogP contribution in [0.5, 0.6) is 0 Å². The Labute approximate surface area is 62.9 Å². The van der Waals surface area contributed by atoms with Crippen molar-refractivity contribution in [2.24, 2.45) is 0 Å². The second-order valence-electron chi connectivity index (χ2n) is 2.03. The molecule has 1 aromatic rings. The first kappa shape index (κ1) is 7.72. The van der Waals surface area contributed by atoms with Crippen molar-refractivity contribution < 1.29 is 10.2 Å². The van der Waals surface area contributed by atoms with E-state index >= 15 is 0 Å². The molecule has 0 bridgehead atoms. The fraction of sp³-hybridized carbons (Fsp3) is 0.333. The zero-order chi connectivity index (χ0) is 8.27. The number of aromatic nitrogens is 2. The van der Waals surface area contributed by atoms with Crippen molar-refractivity contribution in [2.45, 2.75) is 12.2 Å². The van der Waals surface area contributed by atoms with Crippen LogP contribution >= 0.6 is 0 Å². The predicted molar refractivity (Wildman–Crippen MR) is 35.2 cm³/mol. The Hall–Kier alpha value is -1.38. The quantitative estimate of drug-likeness (QED) is 0.491. The van der Waals surface area contributed by atoms with Gasteiger partial charge in [0.2, 0.25) is 0 Å². The lowest BCUT2D eigenvalue weighted by molar-refractivity contribution is 0.0498. The van der Waals surface area contributed by atoms with Crippen LogP contribution in [0.4, 0.5) is 0 Å². The molecule has 0 aliphatic carbocycles. The van der Waals surface area contributed by atoms with Crippen molar-refractivity contribution in [1.29, 1.82) is 5.26 Å². The number of nitrogens with one attached hydrogen (secondary N) is 1. The molecule has 0 fully saturated rings. The van der Waals surface area contributed by atoms with Crippen molar-refractivity contribution in [3.8, 4) is 6.07 Å². The van der Waals surface area contributed by atoms with E-state index in [1.165, 1.54) is 18.3 Å². The highest BCUT2D eigenvalue weighted by Crippen LogP contribution is 2.12. The molecule has 0 amide bonds. The monoisotopic (exact) mass is 153 g/mol. The van der Waals surface area contributed by atoms with Gasteiger partial charge in [-0.1, -0.05) is 0 Å². The molecule has 5 nitrogen and oxygen atoms in total. The summed E-state index contributed by atoms with van der Waals surface area (Å²) < 4.78 is 0. The van der Waals surface area contributed by atoms with E-state index in [-0.39, 0.29) is 0 Å². The highest BCUT2D eigenvalue weighted by atomic mass is 16.3. The number of hydrogen-bond donors (Lipinski definition) is 3. The van der Waals surface area contributed by atoms with Crippen LogP contribution in [0.15, 0.2) is 12.3 Å². The largest absolute Gasteiger partial charge is 0.383 e. The zero-order valence-corrected chi connectivity index (χ0v) is 5.60. The Morgan fingerprint density at radius 2 is 2.36 bits per heavy atom. The van der Waals surface area contributed by atoms with Crippen LogP contribution < -0.4 is 0 Å². The second-order valence-corrected chi connectivity index (χ2v) is 2.03. The molecule has 0 aliphatic heterocycles. The molecule has 0 spiro atoms. The van der Waals surface area contributed by atoms with E-state index in [0.717, 1.165) is 0 Å². The zero-order valence-electron chi connectivity index (χ0n) is 5.60. The molecule has 0 saturated heterocycles. The normalized spacial score (nSPS) is 15.4. The minimum atomic E-state index is -1.41. The van der Waals surface area contributed by atoms with Crippen LogP contribution in [0.1, 0.15) is 11.8 Å². The van der Waals surface area contributed by atoms with Crippen molar-refractivity contribution in [3.63, 3.8) is 0 Å². The number of nitriles is 1. The first-order valence-corrected chi connectivity index (χ1v) is 3.00. The van der Waals surface area contributed by atoms with Gasteiger partial charge in [0.15, 0.2) is 6.10 Å². The minimum Gasteiger partial charge on any atom is -0.383 e. The van der Waals surface area contributed by atoms with E-state index in [2.05, 4.69) is 10.2 Å². The van der Waals surface area contributed by atoms with Gasteiger partial charge in [-0.05, 0) is 6.07 Å². The summed E-state index contributed by atoms with van der Waals surface area (Å²) in [4.78, 5) is 0. The van der Waals surface area contributed by atoms with Gasteiger partial charge in [0.1, 0.15) is 6.10 Å². The van der Waals surface area contributed by atoms with Gasteiger partial charge in [0.25, 0.3) is 0 Å². The summed E-state index contributed by atoms with van der Waals surface area (Å²) in [6.45, 7) is 0. The van der Waals surface area contributed by atoms with Crippen LogP contribution in [0.2, 0.25) is 0 Å². The van der Waals surface area contributed by atoms with Crippen LogP contribution in [0.25, 0.3) is 0 Å². The number of nitrogens with zero attached hydrogens (tertiary/aromatic N) is 2. The molecule has 2 unspecified atom stereocenters. The van der Waals surface area contributed by atoms with Gasteiger partial charge in [0.05, 0.1) is 11.8 Å². The summed E-state index contributed by atoms with van der Waals surface area (Å²) in [6, 6.07) is 3.00. The van der Waals surface area contributed by atoms with Gasteiger partial charge >= 0.3 is 0 Å². The maximum absolute atomic E-state index is 9.13. The fourth-order valence-electron chi connectivity index (χ4n) is 0.672. The Bertz CT molecular complexity index is 251. The molecule has 1 aromatic heterocycles. The summed E-state index contributed by atoms with van der Waals surface area (Å²) in [5, 5.41) is 32.2. The van der Waals surface area contributed by atoms with Crippen molar-refractivity contribution >= 4 is 0 Å². The lowest BCUT2D eigenvalue weighted by atomic mass is 10.2. The smallest absolute Gasteiger partial charge is 0.171 e. The molecule has 0 saturated carbocycles. The standard InChI is InChI=1S/C6H7N3O2/c7-3-5(10)6(11)4-1-2-8-9-4/h1-2,5-6,10-11H,(H,8,9). The van der Waals surface area contributed by atoms with Gasteiger partial charge < -0.3 is 10.2 Å². The summed E-state index contributed by atoms with van der Waals surface area (Å²) in [7, 11) is 0.